The van der Waals surface area contributed by atoms with E-state index in [0.29, 0.717) is 30.5 Å². The van der Waals surface area contributed by atoms with Gasteiger partial charge in [0.2, 0.25) is 11.8 Å². The molecule has 150 valence electrons. The average molecular weight is 393 g/mol. The molecule has 28 heavy (non-hydrogen) atoms. The largest absolute Gasteiger partial charge is 0.406 e. The summed E-state index contributed by atoms with van der Waals surface area (Å²) in [6.07, 6.45) is -1.71. The van der Waals surface area contributed by atoms with Gasteiger partial charge in [-0.25, -0.2) is 0 Å². The number of hydrogen-bond donors (Lipinski definition) is 0. The third-order valence-electron chi connectivity index (χ3n) is 5.15. The molecule has 8 heteroatoms. The number of halogens is 3. The molecule has 3 rings (SSSR count). The number of nitriles is 1. The Labute approximate surface area is 161 Å². The second-order valence-corrected chi connectivity index (χ2v) is 7.52. The van der Waals surface area contributed by atoms with Crippen molar-refractivity contribution in [1.82, 2.24) is 9.80 Å². The van der Waals surface area contributed by atoms with E-state index in [-0.39, 0.29) is 24.9 Å². The molecule has 1 saturated heterocycles. The third kappa shape index (κ3) is 5.24. The molecular weight excluding hydrogens is 371 g/mol. The zero-order valence-electron chi connectivity index (χ0n) is 15.4. The van der Waals surface area contributed by atoms with E-state index in [2.05, 4.69) is 0 Å². The quantitative estimate of drug-likeness (QED) is 0.772. The molecule has 1 saturated carbocycles. The van der Waals surface area contributed by atoms with E-state index in [1.54, 1.807) is 17.0 Å². The fourth-order valence-corrected chi connectivity index (χ4v) is 3.56. The van der Waals surface area contributed by atoms with E-state index in [9.17, 15) is 22.8 Å². The number of hydrogen-bond acceptors (Lipinski definition) is 3. The second-order valence-electron chi connectivity index (χ2n) is 7.52. The topological polar surface area (TPSA) is 64.4 Å². The Morgan fingerprint density at radius 3 is 2.39 bits per heavy atom. The fraction of sp³-hybridized carbons (Fsp3) is 0.550. The summed E-state index contributed by atoms with van der Waals surface area (Å²) in [4.78, 5) is 27.6. The Hall–Kier alpha value is -2.56. The fourth-order valence-electron chi connectivity index (χ4n) is 3.56. The van der Waals surface area contributed by atoms with Crippen LogP contribution in [0.5, 0.6) is 0 Å². The highest BCUT2D eigenvalue weighted by Gasteiger charge is 2.39. The van der Waals surface area contributed by atoms with E-state index in [4.69, 9.17) is 5.26 Å². The van der Waals surface area contributed by atoms with Gasteiger partial charge in [-0.2, -0.15) is 18.4 Å². The zero-order valence-corrected chi connectivity index (χ0v) is 15.4. The lowest BCUT2D eigenvalue weighted by Crippen LogP contribution is -2.48. The summed E-state index contributed by atoms with van der Waals surface area (Å²) in [7, 11) is 0. The molecule has 0 aromatic heterocycles. The Kier molecular flexibility index (Phi) is 5.92. The zero-order chi connectivity index (χ0) is 20.3. The van der Waals surface area contributed by atoms with Crippen LogP contribution in [0.3, 0.4) is 0 Å². The lowest BCUT2D eigenvalue weighted by Gasteiger charge is -2.35. The molecule has 0 spiro atoms. The maximum Gasteiger partial charge on any atom is 0.406 e. The normalized spacial score (nSPS) is 19.8. The van der Waals surface area contributed by atoms with Crippen molar-refractivity contribution in [2.75, 3.05) is 19.6 Å². The first-order chi connectivity index (χ1) is 13.3. The van der Waals surface area contributed by atoms with E-state index in [0.717, 1.165) is 17.7 Å². The number of nitrogens with zero attached hydrogens (tertiary/aromatic N) is 3. The van der Waals surface area contributed by atoms with Gasteiger partial charge in [0, 0.05) is 25.6 Å². The Bertz CT molecular complexity index is 766. The van der Waals surface area contributed by atoms with Crippen LogP contribution in [0.15, 0.2) is 24.3 Å². The van der Waals surface area contributed by atoms with Crippen molar-refractivity contribution < 1.29 is 22.8 Å². The van der Waals surface area contributed by atoms with Crippen LogP contribution in [0.2, 0.25) is 0 Å². The number of benzene rings is 1. The van der Waals surface area contributed by atoms with Crippen LogP contribution < -0.4 is 0 Å². The summed E-state index contributed by atoms with van der Waals surface area (Å²) in [5.74, 6) is -1.14. The molecular formula is C20H22F3N3O2. The summed E-state index contributed by atoms with van der Waals surface area (Å²) >= 11 is 0. The highest BCUT2D eigenvalue weighted by Crippen LogP contribution is 2.33. The van der Waals surface area contributed by atoms with E-state index >= 15 is 0 Å². The van der Waals surface area contributed by atoms with Crippen molar-refractivity contribution in [3.8, 4) is 6.07 Å². The number of carbonyl (C=O) groups is 2. The molecule has 1 atom stereocenters. The summed E-state index contributed by atoms with van der Waals surface area (Å²) in [5.41, 5.74) is 0.928. The first-order valence-corrected chi connectivity index (χ1v) is 9.40. The molecule has 0 bridgehead atoms. The summed E-state index contributed by atoms with van der Waals surface area (Å²) < 4.78 is 39.2. The Morgan fingerprint density at radius 1 is 1.14 bits per heavy atom. The van der Waals surface area contributed by atoms with Crippen molar-refractivity contribution >= 4 is 11.8 Å². The molecule has 2 amide bonds. The highest BCUT2D eigenvalue weighted by atomic mass is 19.4. The second kappa shape index (κ2) is 8.21. The van der Waals surface area contributed by atoms with Gasteiger partial charge >= 0.3 is 6.18 Å². The lowest BCUT2D eigenvalue weighted by atomic mass is 9.95. The minimum absolute atomic E-state index is 0.0203. The number of piperidine rings is 1. The maximum absolute atomic E-state index is 13.1. The van der Waals surface area contributed by atoms with Crippen LogP contribution in [-0.4, -0.2) is 47.4 Å². The Balaban J connectivity index is 1.71. The van der Waals surface area contributed by atoms with Crippen LogP contribution in [-0.2, 0) is 16.1 Å². The molecule has 1 aliphatic heterocycles. The minimum Gasteiger partial charge on any atom is -0.342 e. The maximum atomic E-state index is 13.1. The van der Waals surface area contributed by atoms with Crippen LogP contribution in [0.1, 0.15) is 36.8 Å². The van der Waals surface area contributed by atoms with Gasteiger partial charge in [-0.15, -0.1) is 0 Å². The Morgan fingerprint density at radius 2 is 1.82 bits per heavy atom. The molecule has 1 aliphatic carbocycles. The number of carbonyl (C=O) groups excluding carboxylic acids is 2. The molecule has 1 aromatic carbocycles. The van der Waals surface area contributed by atoms with E-state index in [1.165, 1.54) is 12.1 Å². The van der Waals surface area contributed by atoms with Crippen molar-refractivity contribution in [2.24, 2.45) is 11.8 Å². The summed E-state index contributed by atoms with van der Waals surface area (Å²) in [6, 6.07) is 8.09. The van der Waals surface area contributed by atoms with Gasteiger partial charge in [-0.1, -0.05) is 12.1 Å². The van der Waals surface area contributed by atoms with Gasteiger partial charge in [0.1, 0.15) is 6.54 Å². The number of likely N-dealkylation sites (tertiary alicyclic amines) is 1. The number of amides is 2. The standard InChI is InChI=1S/C20H22F3N3O2/c21-20(22,23)13-26(11-15-5-3-14(10-24)4-6-15)19(28)17-2-1-9-25(12-17)18(27)16-7-8-16/h3-6,16-17H,1-2,7-9,11-13H2. The van der Waals surface area contributed by atoms with Gasteiger partial charge < -0.3 is 9.80 Å². The lowest BCUT2D eigenvalue weighted by molar-refractivity contribution is -0.166. The number of alkyl halides is 3. The molecule has 2 aliphatic rings. The average Bonchev–Trinajstić information content (AvgIpc) is 3.51. The predicted molar refractivity (Wildman–Crippen MR) is 94.7 cm³/mol. The summed E-state index contributed by atoms with van der Waals surface area (Å²) in [5, 5.41) is 8.84. The minimum atomic E-state index is -4.51. The number of rotatable bonds is 5. The smallest absolute Gasteiger partial charge is 0.342 e. The van der Waals surface area contributed by atoms with Gasteiger partial charge in [-0.3, -0.25) is 9.59 Å². The summed E-state index contributed by atoms with van der Waals surface area (Å²) in [6.45, 7) is -0.764. The molecule has 2 fully saturated rings. The van der Waals surface area contributed by atoms with Gasteiger partial charge in [0.05, 0.1) is 17.6 Å². The van der Waals surface area contributed by atoms with Crippen molar-refractivity contribution in [3.63, 3.8) is 0 Å². The van der Waals surface area contributed by atoms with Crippen molar-refractivity contribution in [1.29, 1.82) is 5.26 Å². The van der Waals surface area contributed by atoms with Crippen LogP contribution >= 0.6 is 0 Å². The molecule has 1 unspecified atom stereocenters. The van der Waals surface area contributed by atoms with E-state index < -0.39 is 24.5 Å². The SMILES string of the molecule is N#Cc1ccc(CN(CC(F)(F)F)C(=O)C2CCCN(C(=O)C3CC3)C2)cc1. The van der Waals surface area contributed by atoms with Gasteiger partial charge in [-0.05, 0) is 43.4 Å². The molecule has 1 heterocycles. The van der Waals surface area contributed by atoms with Gasteiger partial charge in [0.15, 0.2) is 0 Å². The third-order valence-corrected chi connectivity index (χ3v) is 5.15. The first-order valence-electron chi connectivity index (χ1n) is 9.40. The molecule has 0 radical (unpaired) electrons. The van der Waals surface area contributed by atoms with Crippen LogP contribution in [0.25, 0.3) is 0 Å². The van der Waals surface area contributed by atoms with Crippen molar-refractivity contribution in [3.05, 3.63) is 35.4 Å². The highest BCUT2D eigenvalue weighted by molar-refractivity contribution is 5.83. The van der Waals surface area contributed by atoms with E-state index in [1.807, 2.05) is 6.07 Å². The molecule has 5 nitrogen and oxygen atoms in total. The molecule has 0 N–H and O–H groups in total. The van der Waals surface area contributed by atoms with Crippen LogP contribution in [0, 0.1) is 23.2 Å². The monoisotopic (exact) mass is 393 g/mol. The van der Waals surface area contributed by atoms with Crippen LogP contribution in [0.4, 0.5) is 13.2 Å². The molecule has 1 aromatic rings. The predicted octanol–water partition coefficient (Wildman–Crippen LogP) is 3.10. The first kappa shape index (κ1) is 20.2. The van der Waals surface area contributed by atoms with Crippen molar-refractivity contribution in [2.45, 2.75) is 38.4 Å². The van der Waals surface area contributed by atoms with Gasteiger partial charge in [0.25, 0.3) is 0 Å².